The van der Waals surface area contributed by atoms with E-state index in [-0.39, 0.29) is 17.0 Å². The van der Waals surface area contributed by atoms with Crippen LogP contribution in [0.1, 0.15) is 17.3 Å². The van der Waals surface area contributed by atoms with Gasteiger partial charge in [-0.05, 0) is 13.0 Å². The third-order valence-corrected chi connectivity index (χ3v) is 2.24. The minimum atomic E-state index is -0.611. The van der Waals surface area contributed by atoms with E-state index in [1.54, 1.807) is 6.92 Å². The molecule has 0 aliphatic carbocycles. The first-order valence-electron chi connectivity index (χ1n) is 5.09. The van der Waals surface area contributed by atoms with Crippen molar-refractivity contribution in [2.45, 2.75) is 13.0 Å². The standard InChI is InChI=1S/C12H12N2O4/c1-4-8(2)13-12(15)9-6-5-7-10(14(16)17)11(9)18-3/h1,5-8H,2-3H3,(H,13,15). The van der Waals surface area contributed by atoms with E-state index in [9.17, 15) is 14.9 Å². The lowest BCUT2D eigenvalue weighted by Gasteiger charge is -2.10. The molecule has 1 N–H and O–H groups in total. The lowest BCUT2D eigenvalue weighted by molar-refractivity contribution is -0.385. The number of hydrogen-bond donors (Lipinski definition) is 1. The normalized spacial score (nSPS) is 11.2. The second kappa shape index (κ2) is 5.68. The lowest BCUT2D eigenvalue weighted by atomic mass is 10.1. The Morgan fingerprint density at radius 1 is 1.61 bits per heavy atom. The van der Waals surface area contributed by atoms with Crippen molar-refractivity contribution in [1.29, 1.82) is 0 Å². The molecular weight excluding hydrogens is 236 g/mol. The Morgan fingerprint density at radius 3 is 2.78 bits per heavy atom. The Morgan fingerprint density at radius 2 is 2.28 bits per heavy atom. The fourth-order valence-electron chi connectivity index (χ4n) is 1.38. The highest BCUT2D eigenvalue weighted by atomic mass is 16.6. The van der Waals surface area contributed by atoms with Crippen molar-refractivity contribution >= 4 is 11.6 Å². The van der Waals surface area contributed by atoms with Gasteiger partial charge in [-0.3, -0.25) is 14.9 Å². The van der Waals surface area contributed by atoms with Gasteiger partial charge in [0, 0.05) is 6.07 Å². The molecule has 0 heterocycles. The van der Waals surface area contributed by atoms with Crippen LogP contribution < -0.4 is 10.1 Å². The van der Waals surface area contributed by atoms with Gasteiger partial charge >= 0.3 is 5.69 Å². The Hall–Kier alpha value is -2.55. The summed E-state index contributed by atoms with van der Waals surface area (Å²) in [7, 11) is 1.27. The number of hydrogen-bond acceptors (Lipinski definition) is 4. The molecule has 0 aliphatic heterocycles. The Balaban J connectivity index is 3.17. The van der Waals surface area contributed by atoms with Gasteiger partial charge < -0.3 is 10.1 Å². The van der Waals surface area contributed by atoms with Crippen LogP contribution in [-0.4, -0.2) is 24.0 Å². The van der Waals surface area contributed by atoms with Crippen LogP contribution in [0.2, 0.25) is 0 Å². The van der Waals surface area contributed by atoms with Gasteiger partial charge in [0.2, 0.25) is 5.75 Å². The lowest BCUT2D eigenvalue weighted by Crippen LogP contribution is -2.31. The van der Waals surface area contributed by atoms with Gasteiger partial charge in [-0.25, -0.2) is 0 Å². The Labute approximate surface area is 104 Å². The molecular formula is C12H12N2O4. The minimum absolute atomic E-state index is 0.0776. The fourth-order valence-corrected chi connectivity index (χ4v) is 1.38. The molecule has 6 nitrogen and oxygen atoms in total. The van der Waals surface area contributed by atoms with Gasteiger partial charge in [0.15, 0.2) is 0 Å². The van der Waals surface area contributed by atoms with Crippen molar-refractivity contribution in [3.05, 3.63) is 33.9 Å². The number of ether oxygens (including phenoxy) is 1. The second-order valence-corrected chi connectivity index (χ2v) is 3.48. The third kappa shape index (κ3) is 2.77. The summed E-state index contributed by atoms with van der Waals surface area (Å²) in [5.74, 6) is 1.74. The molecule has 1 atom stereocenters. The molecule has 0 bridgehead atoms. The zero-order valence-electron chi connectivity index (χ0n) is 9.97. The first-order chi connectivity index (χ1) is 8.51. The zero-order valence-corrected chi connectivity index (χ0v) is 9.97. The van der Waals surface area contributed by atoms with Gasteiger partial charge in [0.1, 0.15) is 0 Å². The first-order valence-corrected chi connectivity index (χ1v) is 5.09. The van der Waals surface area contributed by atoms with Crippen molar-refractivity contribution in [3.63, 3.8) is 0 Å². The van der Waals surface area contributed by atoms with Crippen molar-refractivity contribution in [1.82, 2.24) is 5.32 Å². The van der Waals surface area contributed by atoms with Crippen LogP contribution in [-0.2, 0) is 0 Å². The van der Waals surface area contributed by atoms with E-state index in [1.165, 1.54) is 25.3 Å². The predicted octanol–water partition coefficient (Wildman–Crippen LogP) is 1.35. The number of terminal acetylenes is 1. The number of nitrogens with one attached hydrogen (secondary N) is 1. The highest BCUT2D eigenvalue weighted by Crippen LogP contribution is 2.30. The van der Waals surface area contributed by atoms with Crippen LogP contribution in [0, 0.1) is 22.5 Å². The molecule has 0 saturated carbocycles. The SMILES string of the molecule is C#CC(C)NC(=O)c1cccc([N+](=O)[O-])c1OC. The summed E-state index contributed by atoms with van der Waals surface area (Å²) in [6, 6.07) is 3.64. The van der Waals surface area contributed by atoms with E-state index < -0.39 is 16.9 Å². The number of benzene rings is 1. The highest BCUT2D eigenvalue weighted by Gasteiger charge is 2.22. The van der Waals surface area contributed by atoms with Crippen LogP contribution in [0.4, 0.5) is 5.69 Å². The summed E-state index contributed by atoms with van der Waals surface area (Å²) < 4.78 is 4.92. The molecule has 0 saturated heterocycles. The molecule has 0 aromatic heterocycles. The fraction of sp³-hybridized carbons (Fsp3) is 0.250. The maximum atomic E-state index is 11.9. The quantitative estimate of drug-likeness (QED) is 0.495. The molecule has 1 aromatic carbocycles. The predicted molar refractivity (Wildman–Crippen MR) is 65.4 cm³/mol. The minimum Gasteiger partial charge on any atom is -0.490 e. The molecule has 1 unspecified atom stereocenters. The van der Waals surface area contributed by atoms with Crippen molar-refractivity contribution in [2.24, 2.45) is 0 Å². The number of methoxy groups -OCH3 is 1. The monoisotopic (exact) mass is 248 g/mol. The summed E-state index contributed by atoms with van der Waals surface area (Å²) in [5, 5.41) is 13.3. The highest BCUT2D eigenvalue weighted by molar-refractivity contribution is 5.98. The second-order valence-electron chi connectivity index (χ2n) is 3.48. The number of amides is 1. The van der Waals surface area contributed by atoms with Gasteiger partial charge in [-0.15, -0.1) is 6.42 Å². The molecule has 18 heavy (non-hydrogen) atoms. The van der Waals surface area contributed by atoms with E-state index in [2.05, 4.69) is 11.2 Å². The molecule has 0 fully saturated rings. The van der Waals surface area contributed by atoms with Crippen molar-refractivity contribution in [3.8, 4) is 18.1 Å². The first kappa shape index (κ1) is 13.5. The van der Waals surface area contributed by atoms with Crippen LogP contribution in [0.3, 0.4) is 0 Å². The molecule has 1 amide bonds. The Bertz CT molecular complexity index is 519. The van der Waals surface area contributed by atoms with Crippen molar-refractivity contribution in [2.75, 3.05) is 7.11 Å². The summed E-state index contributed by atoms with van der Waals surface area (Å²) in [4.78, 5) is 22.0. The van der Waals surface area contributed by atoms with Crippen LogP contribution >= 0.6 is 0 Å². The van der Waals surface area contributed by atoms with E-state index in [0.717, 1.165) is 0 Å². The van der Waals surface area contributed by atoms with Crippen molar-refractivity contribution < 1.29 is 14.5 Å². The molecule has 1 aromatic rings. The van der Waals surface area contributed by atoms with Gasteiger partial charge in [-0.2, -0.15) is 0 Å². The van der Waals surface area contributed by atoms with E-state index in [1.807, 2.05) is 0 Å². The zero-order chi connectivity index (χ0) is 13.7. The van der Waals surface area contributed by atoms with E-state index in [0.29, 0.717) is 0 Å². The summed E-state index contributed by atoms with van der Waals surface area (Å²) in [5.41, 5.74) is -0.188. The third-order valence-electron chi connectivity index (χ3n) is 2.24. The van der Waals surface area contributed by atoms with Crippen LogP contribution in [0.15, 0.2) is 18.2 Å². The number of carbonyl (C=O) groups excluding carboxylic acids is 1. The smallest absolute Gasteiger partial charge is 0.311 e. The summed E-state index contributed by atoms with van der Waals surface area (Å²) in [6.07, 6.45) is 5.14. The number of para-hydroxylation sites is 1. The maximum absolute atomic E-state index is 11.9. The van der Waals surface area contributed by atoms with Gasteiger partial charge in [-0.1, -0.05) is 12.0 Å². The van der Waals surface area contributed by atoms with Crippen LogP contribution in [0.5, 0.6) is 5.75 Å². The number of carbonyl (C=O) groups is 1. The van der Waals surface area contributed by atoms with Gasteiger partial charge in [0.05, 0.1) is 23.6 Å². The number of rotatable bonds is 4. The largest absolute Gasteiger partial charge is 0.490 e. The Kier molecular flexibility index (Phi) is 4.27. The average Bonchev–Trinajstić information content (AvgIpc) is 2.37. The molecule has 0 spiro atoms. The molecule has 0 radical (unpaired) electrons. The molecule has 6 heteroatoms. The summed E-state index contributed by atoms with van der Waals surface area (Å²) >= 11 is 0. The number of nitro groups is 1. The molecule has 0 aliphatic rings. The number of nitrogens with zero attached hydrogens (tertiary/aromatic N) is 1. The van der Waals surface area contributed by atoms with E-state index in [4.69, 9.17) is 11.2 Å². The molecule has 1 rings (SSSR count). The average molecular weight is 248 g/mol. The maximum Gasteiger partial charge on any atom is 0.311 e. The van der Waals surface area contributed by atoms with Crippen LogP contribution in [0.25, 0.3) is 0 Å². The number of nitro benzene ring substituents is 1. The van der Waals surface area contributed by atoms with Gasteiger partial charge in [0.25, 0.3) is 5.91 Å². The summed E-state index contributed by atoms with van der Waals surface area (Å²) in [6.45, 7) is 1.63. The topological polar surface area (TPSA) is 81.5 Å². The molecule has 94 valence electrons. The van der Waals surface area contributed by atoms with E-state index >= 15 is 0 Å².